The Balaban J connectivity index is 2.81. The lowest BCUT2D eigenvalue weighted by atomic mass is 10.3. The predicted octanol–water partition coefficient (Wildman–Crippen LogP) is 1.56. The van der Waals surface area contributed by atoms with Gasteiger partial charge >= 0.3 is 0 Å². The standard InChI is InChI=1S/C11H20N4/c1-4-5-15(9(2)3)11-13-7-10(6-12)8-14-11/h7-9H,4-6,12H2,1-3H3. The van der Waals surface area contributed by atoms with Gasteiger partial charge in [0.05, 0.1) is 0 Å². The largest absolute Gasteiger partial charge is 0.338 e. The molecule has 0 aliphatic carbocycles. The lowest BCUT2D eigenvalue weighted by molar-refractivity contribution is 0.650. The van der Waals surface area contributed by atoms with Gasteiger partial charge in [-0.25, -0.2) is 9.97 Å². The molecule has 15 heavy (non-hydrogen) atoms. The van der Waals surface area contributed by atoms with E-state index in [-0.39, 0.29) is 0 Å². The van der Waals surface area contributed by atoms with Gasteiger partial charge in [-0.1, -0.05) is 6.92 Å². The summed E-state index contributed by atoms with van der Waals surface area (Å²) in [5.41, 5.74) is 6.47. The minimum atomic E-state index is 0.425. The van der Waals surface area contributed by atoms with E-state index in [4.69, 9.17) is 5.73 Å². The second-order valence-electron chi connectivity index (χ2n) is 3.88. The number of rotatable bonds is 5. The Morgan fingerprint density at radius 2 is 1.93 bits per heavy atom. The predicted molar refractivity (Wildman–Crippen MR) is 62.7 cm³/mol. The summed E-state index contributed by atoms with van der Waals surface area (Å²) in [4.78, 5) is 10.8. The normalized spacial score (nSPS) is 10.7. The van der Waals surface area contributed by atoms with Crippen LogP contribution in [-0.4, -0.2) is 22.6 Å². The SMILES string of the molecule is CCCN(c1ncc(CN)cn1)C(C)C. The molecule has 0 saturated carbocycles. The third-order valence-corrected chi connectivity index (χ3v) is 2.27. The first-order chi connectivity index (χ1) is 7.19. The maximum absolute atomic E-state index is 5.50. The van der Waals surface area contributed by atoms with Crippen LogP contribution in [0.2, 0.25) is 0 Å². The zero-order chi connectivity index (χ0) is 11.3. The van der Waals surface area contributed by atoms with Crippen molar-refractivity contribution in [3.63, 3.8) is 0 Å². The van der Waals surface area contributed by atoms with E-state index in [1.807, 2.05) is 0 Å². The molecule has 0 aliphatic rings. The van der Waals surface area contributed by atoms with Crippen LogP contribution in [0.15, 0.2) is 12.4 Å². The average Bonchev–Trinajstić information content (AvgIpc) is 2.26. The minimum absolute atomic E-state index is 0.425. The fourth-order valence-electron chi connectivity index (χ4n) is 1.43. The topological polar surface area (TPSA) is 55.0 Å². The highest BCUT2D eigenvalue weighted by Gasteiger charge is 2.11. The second kappa shape index (κ2) is 5.66. The first-order valence-electron chi connectivity index (χ1n) is 5.46. The van der Waals surface area contributed by atoms with E-state index >= 15 is 0 Å². The van der Waals surface area contributed by atoms with E-state index in [0.717, 1.165) is 24.5 Å². The van der Waals surface area contributed by atoms with Crippen molar-refractivity contribution in [2.24, 2.45) is 5.73 Å². The molecule has 0 spiro atoms. The van der Waals surface area contributed by atoms with E-state index in [9.17, 15) is 0 Å². The summed E-state index contributed by atoms with van der Waals surface area (Å²) in [5.74, 6) is 0.795. The smallest absolute Gasteiger partial charge is 0.225 e. The first-order valence-corrected chi connectivity index (χ1v) is 5.46. The molecule has 1 heterocycles. The lowest BCUT2D eigenvalue weighted by Crippen LogP contribution is -2.33. The fraction of sp³-hybridized carbons (Fsp3) is 0.636. The molecule has 0 radical (unpaired) electrons. The van der Waals surface area contributed by atoms with Gasteiger partial charge in [0.15, 0.2) is 0 Å². The zero-order valence-electron chi connectivity index (χ0n) is 9.77. The Labute approximate surface area is 91.5 Å². The van der Waals surface area contributed by atoms with Gasteiger partial charge in [0.2, 0.25) is 5.95 Å². The molecule has 0 saturated heterocycles. The molecule has 4 heteroatoms. The van der Waals surface area contributed by atoms with Gasteiger partial charge in [0, 0.05) is 37.1 Å². The van der Waals surface area contributed by atoms with Crippen LogP contribution in [0, 0.1) is 0 Å². The Hall–Kier alpha value is -1.16. The van der Waals surface area contributed by atoms with Gasteiger partial charge < -0.3 is 10.6 Å². The summed E-state index contributed by atoms with van der Waals surface area (Å²) in [6, 6.07) is 0.425. The molecule has 2 N–H and O–H groups in total. The molecule has 0 amide bonds. The van der Waals surface area contributed by atoms with Crippen molar-refractivity contribution in [2.45, 2.75) is 39.8 Å². The molecule has 0 aliphatic heterocycles. The van der Waals surface area contributed by atoms with Crippen molar-refractivity contribution in [3.05, 3.63) is 18.0 Å². The Kier molecular flexibility index (Phi) is 4.49. The van der Waals surface area contributed by atoms with Gasteiger partial charge in [0.25, 0.3) is 0 Å². The summed E-state index contributed by atoms with van der Waals surface area (Å²) < 4.78 is 0. The Morgan fingerprint density at radius 3 is 2.33 bits per heavy atom. The maximum Gasteiger partial charge on any atom is 0.225 e. The third kappa shape index (κ3) is 3.16. The van der Waals surface area contributed by atoms with E-state index in [1.54, 1.807) is 12.4 Å². The van der Waals surface area contributed by atoms with Gasteiger partial charge in [-0.3, -0.25) is 0 Å². The van der Waals surface area contributed by atoms with Crippen LogP contribution in [0.4, 0.5) is 5.95 Å². The van der Waals surface area contributed by atoms with Crippen LogP contribution in [0.1, 0.15) is 32.8 Å². The molecule has 4 nitrogen and oxygen atoms in total. The number of nitrogens with zero attached hydrogens (tertiary/aromatic N) is 3. The number of aromatic nitrogens is 2. The molecule has 1 aromatic heterocycles. The van der Waals surface area contributed by atoms with E-state index in [2.05, 4.69) is 35.6 Å². The molecule has 0 aromatic carbocycles. The molecule has 0 atom stereocenters. The summed E-state index contributed by atoms with van der Waals surface area (Å²) in [6.07, 6.45) is 4.70. The van der Waals surface area contributed by atoms with Crippen LogP contribution < -0.4 is 10.6 Å². The van der Waals surface area contributed by atoms with Crippen LogP contribution in [-0.2, 0) is 6.54 Å². The molecule has 84 valence electrons. The van der Waals surface area contributed by atoms with E-state index < -0.39 is 0 Å². The minimum Gasteiger partial charge on any atom is -0.338 e. The summed E-state index contributed by atoms with van der Waals surface area (Å²) in [7, 11) is 0. The quantitative estimate of drug-likeness (QED) is 0.798. The van der Waals surface area contributed by atoms with E-state index in [1.165, 1.54) is 0 Å². The molecule has 0 unspecified atom stereocenters. The lowest BCUT2D eigenvalue weighted by Gasteiger charge is -2.26. The third-order valence-electron chi connectivity index (χ3n) is 2.27. The van der Waals surface area contributed by atoms with Gasteiger partial charge in [0.1, 0.15) is 0 Å². The number of anilines is 1. The number of nitrogens with two attached hydrogens (primary N) is 1. The monoisotopic (exact) mass is 208 g/mol. The molecule has 0 bridgehead atoms. The average molecular weight is 208 g/mol. The van der Waals surface area contributed by atoms with Crippen LogP contribution >= 0.6 is 0 Å². The molecule has 1 aromatic rings. The Bertz CT molecular complexity index is 281. The van der Waals surface area contributed by atoms with Gasteiger partial charge in [-0.05, 0) is 20.3 Å². The summed E-state index contributed by atoms with van der Waals surface area (Å²) in [6.45, 7) is 7.94. The summed E-state index contributed by atoms with van der Waals surface area (Å²) in [5, 5.41) is 0. The van der Waals surface area contributed by atoms with Crippen molar-refractivity contribution in [2.75, 3.05) is 11.4 Å². The highest BCUT2D eigenvalue weighted by molar-refractivity contribution is 5.30. The molecule has 0 fully saturated rings. The molecular formula is C11H20N4. The van der Waals surface area contributed by atoms with Gasteiger partial charge in [-0.2, -0.15) is 0 Å². The van der Waals surface area contributed by atoms with Crippen molar-refractivity contribution in [3.8, 4) is 0 Å². The van der Waals surface area contributed by atoms with Crippen LogP contribution in [0.3, 0.4) is 0 Å². The first kappa shape index (κ1) is 11.9. The second-order valence-corrected chi connectivity index (χ2v) is 3.88. The molecular weight excluding hydrogens is 188 g/mol. The highest BCUT2D eigenvalue weighted by atomic mass is 15.3. The van der Waals surface area contributed by atoms with Gasteiger partial charge in [-0.15, -0.1) is 0 Å². The highest BCUT2D eigenvalue weighted by Crippen LogP contribution is 2.11. The van der Waals surface area contributed by atoms with Crippen molar-refractivity contribution >= 4 is 5.95 Å². The number of hydrogen-bond acceptors (Lipinski definition) is 4. The molecule has 1 rings (SSSR count). The van der Waals surface area contributed by atoms with Crippen molar-refractivity contribution in [1.29, 1.82) is 0 Å². The maximum atomic E-state index is 5.50. The number of hydrogen-bond donors (Lipinski definition) is 1. The van der Waals surface area contributed by atoms with Crippen LogP contribution in [0.25, 0.3) is 0 Å². The summed E-state index contributed by atoms with van der Waals surface area (Å²) >= 11 is 0. The zero-order valence-corrected chi connectivity index (χ0v) is 9.77. The van der Waals surface area contributed by atoms with Crippen molar-refractivity contribution in [1.82, 2.24) is 9.97 Å². The fourth-order valence-corrected chi connectivity index (χ4v) is 1.43. The van der Waals surface area contributed by atoms with E-state index in [0.29, 0.717) is 12.6 Å². The Morgan fingerprint density at radius 1 is 1.33 bits per heavy atom. The van der Waals surface area contributed by atoms with Crippen LogP contribution in [0.5, 0.6) is 0 Å². The van der Waals surface area contributed by atoms with Crippen molar-refractivity contribution < 1.29 is 0 Å².